The van der Waals surface area contributed by atoms with Crippen LogP contribution in [0.25, 0.3) is 0 Å². The maximum atomic E-state index is 11.0. The minimum Gasteiger partial charge on any atom is -0.396 e. The van der Waals surface area contributed by atoms with Gasteiger partial charge in [-0.1, -0.05) is 0 Å². The quantitative estimate of drug-likeness (QED) is 0.745. The van der Waals surface area contributed by atoms with Crippen molar-refractivity contribution in [3.05, 3.63) is 0 Å². The molecule has 1 saturated heterocycles. The third-order valence-electron chi connectivity index (χ3n) is 3.13. The Bertz CT molecular complexity index is 288. The Labute approximate surface area is 98.6 Å². The first-order valence-corrected chi connectivity index (χ1v) is 8.08. The predicted octanol–water partition coefficient (Wildman–Crippen LogP) is 0.515. The van der Waals surface area contributed by atoms with Gasteiger partial charge in [0.25, 0.3) is 0 Å². The molecule has 0 aromatic rings. The Balaban J connectivity index is 2.21. The molecule has 0 saturated carbocycles. The lowest BCUT2D eigenvalue weighted by Gasteiger charge is -2.32. The van der Waals surface area contributed by atoms with Crippen LogP contribution in [0, 0.1) is 5.92 Å². The highest BCUT2D eigenvalue weighted by Gasteiger charge is 2.19. The molecule has 1 heterocycles. The number of sulfone groups is 1. The van der Waals surface area contributed by atoms with Crippen LogP contribution in [-0.4, -0.2) is 56.7 Å². The van der Waals surface area contributed by atoms with Gasteiger partial charge in [-0.05, 0) is 44.7 Å². The van der Waals surface area contributed by atoms with Crippen molar-refractivity contribution in [3.8, 4) is 0 Å². The Morgan fingerprint density at radius 1 is 1.44 bits per heavy atom. The van der Waals surface area contributed by atoms with Crippen molar-refractivity contribution in [2.45, 2.75) is 25.7 Å². The molecule has 4 nitrogen and oxygen atoms in total. The number of nitrogens with zero attached hydrogens (tertiary/aromatic N) is 1. The second kappa shape index (κ2) is 6.57. The SMILES string of the molecule is CS(=O)(=O)CCCN1CCCC(CCO)C1. The molecule has 0 bridgehead atoms. The molecule has 0 spiro atoms. The maximum Gasteiger partial charge on any atom is 0.147 e. The molecule has 1 atom stereocenters. The average Bonchev–Trinajstić information content (AvgIpc) is 2.17. The Kier molecular flexibility index (Phi) is 5.72. The summed E-state index contributed by atoms with van der Waals surface area (Å²) in [5.41, 5.74) is 0. The van der Waals surface area contributed by atoms with Gasteiger partial charge in [-0.25, -0.2) is 8.42 Å². The van der Waals surface area contributed by atoms with E-state index in [1.807, 2.05) is 0 Å². The fourth-order valence-electron chi connectivity index (χ4n) is 2.32. The minimum absolute atomic E-state index is 0.266. The molecule has 1 fully saturated rings. The van der Waals surface area contributed by atoms with Crippen LogP contribution in [0.5, 0.6) is 0 Å². The highest BCUT2D eigenvalue weighted by molar-refractivity contribution is 7.90. The molecular weight excluding hydrogens is 226 g/mol. The summed E-state index contributed by atoms with van der Waals surface area (Å²) in [7, 11) is -2.82. The van der Waals surface area contributed by atoms with Crippen molar-refractivity contribution in [2.24, 2.45) is 5.92 Å². The molecule has 96 valence electrons. The lowest BCUT2D eigenvalue weighted by molar-refractivity contribution is 0.148. The molecule has 1 rings (SSSR count). The van der Waals surface area contributed by atoms with Gasteiger partial charge in [0.1, 0.15) is 9.84 Å². The third kappa shape index (κ3) is 5.82. The van der Waals surface area contributed by atoms with Gasteiger partial charge >= 0.3 is 0 Å². The fraction of sp³-hybridized carbons (Fsp3) is 1.00. The van der Waals surface area contributed by atoms with Crippen LogP contribution >= 0.6 is 0 Å². The van der Waals surface area contributed by atoms with E-state index in [4.69, 9.17) is 5.11 Å². The van der Waals surface area contributed by atoms with Gasteiger partial charge in [0, 0.05) is 19.4 Å². The molecule has 1 aliphatic heterocycles. The van der Waals surface area contributed by atoms with E-state index in [-0.39, 0.29) is 12.4 Å². The highest BCUT2D eigenvalue weighted by atomic mass is 32.2. The van der Waals surface area contributed by atoms with Crippen LogP contribution in [0.15, 0.2) is 0 Å². The lowest BCUT2D eigenvalue weighted by Crippen LogP contribution is -2.36. The Morgan fingerprint density at radius 2 is 2.19 bits per heavy atom. The van der Waals surface area contributed by atoms with Crippen molar-refractivity contribution in [1.29, 1.82) is 0 Å². The summed E-state index contributed by atoms with van der Waals surface area (Å²) in [6.45, 7) is 3.23. The topological polar surface area (TPSA) is 57.6 Å². The van der Waals surface area contributed by atoms with E-state index >= 15 is 0 Å². The maximum absolute atomic E-state index is 11.0. The zero-order chi connectivity index (χ0) is 12.0. The van der Waals surface area contributed by atoms with Crippen molar-refractivity contribution in [2.75, 3.05) is 38.2 Å². The van der Waals surface area contributed by atoms with Crippen LogP contribution in [0.4, 0.5) is 0 Å². The van der Waals surface area contributed by atoms with Crippen molar-refractivity contribution in [1.82, 2.24) is 4.90 Å². The van der Waals surface area contributed by atoms with Gasteiger partial charge in [-0.3, -0.25) is 0 Å². The van der Waals surface area contributed by atoms with Gasteiger partial charge in [0.2, 0.25) is 0 Å². The van der Waals surface area contributed by atoms with E-state index in [1.165, 1.54) is 19.1 Å². The van der Waals surface area contributed by atoms with E-state index in [9.17, 15) is 8.42 Å². The van der Waals surface area contributed by atoms with Crippen molar-refractivity contribution in [3.63, 3.8) is 0 Å². The number of aliphatic hydroxyl groups is 1. The molecule has 0 aromatic carbocycles. The lowest BCUT2D eigenvalue weighted by atomic mass is 9.95. The summed E-state index contributed by atoms with van der Waals surface area (Å²) in [5, 5.41) is 8.89. The smallest absolute Gasteiger partial charge is 0.147 e. The van der Waals surface area contributed by atoms with E-state index < -0.39 is 9.84 Å². The molecule has 5 heteroatoms. The zero-order valence-electron chi connectivity index (χ0n) is 10.1. The van der Waals surface area contributed by atoms with Gasteiger partial charge in [0.15, 0.2) is 0 Å². The van der Waals surface area contributed by atoms with Gasteiger partial charge < -0.3 is 10.0 Å². The van der Waals surface area contributed by atoms with Crippen LogP contribution in [-0.2, 0) is 9.84 Å². The zero-order valence-corrected chi connectivity index (χ0v) is 10.9. The number of piperidine rings is 1. The van der Waals surface area contributed by atoms with E-state index in [1.54, 1.807) is 0 Å². The molecule has 0 radical (unpaired) electrons. The van der Waals surface area contributed by atoms with Gasteiger partial charge in [-0.15, -0.1) is 0 Å². The van der Waals surface area contributed by atoms with Crippen LogP contribution < -0.4 is 0 Å². The Morgan fingerprint density at radius 3 is 2.81 bits per heavy atom. The first-order chi connectivity index (χ1) is 7.51. The second-order valence-corrected chi connectivity index (χ2v) is 7.06. The molecule has 0 amide bonds. The molecular formula is C11H23NO3S. The number of hydrogen-bond donors (Lipinski definition) is 1. The summed E-state index contributed by atoms with van der Waals surface area (Å²) >= 11 is 0. The summed E-state index contributed by atoms with van der Waals surface area (Å²) in [5.74, 6) is 0.880. The second-order valence-electron chi connectivity index (χ2n) is 4.80. The first kappa shape index (κ1) is 13.9. The molecule has 0 aliphatic carbocycles. The van der Waals surface area contributed by atoms with E-state index in [0.29, 0.717) is 5.92 Å². The fourth-order valence-corrected chi connectivity index (χ4v) is 2.98. The summed E-state index contributed by atoms with van der Waals surface area (Å²) in [6.07, 6.45) is 5.26. The number of aliphatic hydroxyl groups excluding tert-OH is 1. The number of likely N-dealkylation sites (tertiary alicyclic amines) is 1. The Hall–Kier alpha value is -0.130. The minimum atomic E-state index is -2.82. The number of rotatable bonds is 6. The normalized spacial score (nSPS) is 23.5. The molecule has 1 aliphatic rings. The van der Waals surface area contributed by atoms with E-state index in [0.717, 1.165) is 32.5 Å². The average molecular weight is 249 g/mol. The first-order valence-electron chi connectivity index (χ1n) is 6.02. The van der Waals surface area contributed by atoms with Gasteiger partial charge in [0.05, 0.1) is 5.75 Å². The molecule has 0 aromatic heterocycles. The molecule has 1 unspecified atom stereocenters. The van der Waals surface area contributed by atoms with Crippen LogP contribution in [0.1, 0.15) is 25.7 Å². The van der Waals surface area contributed by atoms with Crippen LogP contribution in [0.3, 0.4) is 0 Å². The number of hydrogen-bond acceptors (Lipinski definition) is 4. The van der Waals surface area contributed by atoms with Crippen molar-refractivity contribution >= 4 is 9.84 Å². The monoisotopic (exact) mass is 249 g/mol. The van der Waals surface area contributed by atoms with Crippen molar-refractivity contribution < 1.29 is 13.5 Å². The summed E-state index contributed by atoms with van der Waals surface area (Å²) in [6, 6.07) is 0. The molecule has 1 N–H and O–H groups in total. The highest BCUT2D eigenvalue weighted by Crippen LogP contribution is 2.19. The molecule has 16 heavy (non-hydrogen) atoms. The standard InChI is InChI=1S/C11H23NO3S/c1-16(14,15)9-3-7-12-6-2-4-11(10-12)5-8-13/h11,13H,2-10H2,1H3. The van der Waals surface area contributed by atoms with E-state index in [2.05, 4.69) is 4.90 Å². The summed E-state index contributed by atoms with van der Waals surface area (Å²) < 4.78 is 22.0. The summed E-state index contributed by atoms with van der Waals surface area (Å²) in [4.78, 5) is 2.33. The predicted molar refractivity (Wildman–Crippen MR) is 65.2 cm³/mol. The third-order valence-corrected chi connectivity index (χ3v) is 4.16. The largest absolute Gasteiger partial charge is 0.396 e. The van der Waals surface area contributed by atoms with Crippen LogP contribution in [0.2, 0.25) is 0 Å². The van der Waals surface area contributed by atoms with Gasteiger partial charge in [-0.2, -0.15) is 0 Å².